The molecular formula is C18H21ClN2O3S. The summed E-state index contributed by atoms with van der Waals surface area (Å²) in [6.45, 7) is 2.40. The van der Waals surface area contributed by atoms with Crippen LogP contribution in [0.4, 0.5) is 5.69 Å². The maximum Gasteiger partial charge on any atom is 0.240 e. The molecule has 0 saturated carbocycles. The van der Waals surface area contributed by atoms with Crippen molar-refractivity contribution in [3.63, 3.8) is 0 Å². The summed E-state index contributed by atoms with van der Waals surface area (Å²) in [5.41, 5.74) is 2.09. The van der Waals surface area contributed by atoms with E-state index in [2.05, 4.69) is 9.62 Å². The molecular weight excluding hydrogens is 360 g/mol. The highest BCUT2D eigenvalue weighted by molar-refractivity contribution is 7.89. The average Bonchev–Trinajstić information content (AvgIpc) is 3.15. The number of methoxy groups -OCH3 is 1. The van der Waals surface area contributed by atoms with E-state index in [9.17, 15) is 8.42 Å². The Morgan fingerprint density at radius 2 is 1.80 bits per heavy atom. The molecule has 1 heterocycles. The lowest BCUT2D eigenvalue weighted by Gasteiger charge is -2.17. The highest BCUT2D eigenvalue weighted by atomic mass is 35.5. The smallest absolute Gasteiger partial charge is 0.240 e. The van der Waals surface area contributed by atoms with E-state index in [1.165, 1.54) is 37.8 Å². The van der Waals surface area contributed by atoms with Gasteiger partial charge >= 0.3 is 0 Å². The monoisotopic (exact) mass is 380 g/mol. The minimum atomic E-state index is -3.63. The van der Waals surface area contributed by atoms with Crippen molar-refractivity contribution in [2.24, 2.45) is 0 Å². The molecule has 0 spiro atoms. The summed E-state index contributed by atoms with van der Waals surface area (Å²) < 4.78 is 32.5. The van der Waals surface area contributed by atoms with Gasteiger partial charge in [-0.3, -0.25) is 0 Å². The largest absolute Gasteiger partial charge is 0.495 e. The van der Waals surface area contributed by atoms with E-state index >= 15 is 0 Å². The topological polar surface area (TPSA) is 58.6 Å². The van der Waals surface area contributed by atoms with Crippen molar-refractivity contribution in [1.29, 1.82) is 0 Å². The van der Waals surface area contributed by atoms with Gasteiger partial charge < -0.3 is 9.64 Å². The van der Waals surface area contributed by atoms with Gasteiger partial charge in [-0.15, -0.1) is 0 Å². The Labute approximate surface area is 153 Å². The Morgan fingerprint density at radius 1 is 1.12 bits per heavy atom. The number of sulfonamides is 1. The van der Waals surface area contributed by atoms with Gasteiger partial charge in [0.15, 0.2) is 0 Å². The Hall–Kier alpha value is -1.76. The lowest BCUT2D eigenvalue weighted by molar-refractivity contribution is 0.414. The van der Waals surface area contributed by atoms with E-state index in [0.29, 0.717) is 5.75 Å². The Balaban J connectivity index is 1.66. The van der Waals surface area contributed by atoms with Crippen molar-refractivity contribution in [2.75, 3.05) is 25.1 Å². The number of hydrogen-bond donors (Lipinski definition) is 1. The van der Waals surface area contributed by atoms with Crippen LogP contribution in [-0.2, 0) is 16.6 Å². The van der Waals surface area contributed by atoms with Crippen molar-refractivity contribution >= 4 is 27.3 Å². The zero-order valence-electron chi connectivity index (χ0n) is 14.0. The number of nitrogens with one attached hydrogen (secondary N) is 1. The molecule has 0 radical (unpaired) electrons. The number of ether oxygens (including phenoxy) is 1. The second kappa shape index (κ2) is 7.64. The van der Waals surface area contributed by atoms with Gasteiger partial charge in [-0.1, -0.05) is 23.7 Å². The van der Waals surface area contributed by atoms with Crippen LogP contribution in [0.1, 0.15) is 18.4 Å². The molecule has 1 aliphatic heterocycles. The van der Waals surface area contributed by atoms with Gasteiger partial charge in [0.05, 0.1) is 17.0 Å². The maximum atomic E-state index is 12.4. The third kappa shape index (κ3) is 4.26. The van der Waals surface area contributed by atoms with Gasteiger partial charge in [0.25, 0.3) is 0 Å². The first-order valence-corrected chi connectivity index (χ1v) is 10.0. The molecule has 1 aliphatic rings. The van der Waals surface area contributed by atoms with Crippen molar-refractivity contribution in [2.45, 2.75) is 24.3 Å². The fraction of sp³-hybridized carbons (Fsp3) is 0.333. The predicted octanol–water partition coefficient (Wildman–Crippen LogP) is 3.43. The van der Waals surface area contributed by atoms with Crippen LogP contribution < -0.4 is 14.4 Å². The summed E-state index contributed by atoms with van der Waals surface area (Å²) in [4.78, 5) is 2.46. The van der Waals surface area contributed by atoms with Gasteiger partial charge in [-0.25, -0.2) is 13.1 Å². The molecule has 1 fully saturated rings. The fourth-order valence-electron chi connectivity index (χ4n) is 2.88. The first-order chi connectivity index (χ1) is 12.0. The second-order valence-corrected chi connectivity index (χ2v) is 8.16. The molecule has 1 saturated heterocycles. The van der Waals surface area contributed by atoms with Gasteiger partial charge in [0, 0.05) is 25.3 Å². The Morgan fingerprint density at radius 3 is 2.40 bits per heavy atom. The van der Waals surface area contributed by atoms with Gasteiger partial charge in [0.2, 0.25) is 10.0 Å². The molecule has 0 bridgehead atoms. The Kier molecular flexibility index (Phi) is 5.51. The van der Waals surface area contributed by atoms with E-state index < -0.39 is 10.0 Å². The van der Waals surface area contributed by atoms with E-state index in [4.69, 9.17) is 16.3 Å². The molecule has 3 rings (SSSR count). The standard InChI is InChI=1S/C18H21ClN2O3S/c1-24-18-9-8-16(12-17(18)19)25(22,23)20-13-14-4-6-15(7-5-14)21-10-2-3-11-21/h4-9,12,20H,2-3,10-11,13H2,1H3. The molecule has 0 aromatic heterocycles. The van der Waals surface area contributed by atoms with Crippen molar-refractivity contribution < 1.29 is 13.2 Å². The van der Waals surface area contributed by atoms with Crippen molar-refractivity contribution in [3.8, 4) is 5.75 Å². The van der Waals surface area contributed by atoms with Crippen LogP contribution in [0, 0.1) is 0 Å². The van der Waals surface area contributed by atoms with Crippen LogP contribution in [-0.4, -0.2) is 28.6 Å². The number of benzene rings is 2. The lowest BCUT2D eigenvalue weighted by atomic mass is 10.2. The SMILES string of the molecule is COc1ccc(S(=O)(=O)NCc2ccc(N3CCCC3)cc2)cc1Cl. The van der Waals surface area contributed by atoms with Gasteiger partial charge in [-0.2, -0.15) is 0 Å². The highest BCUT2D eigenvalue weighted by Gasteiger charge is 2.16. The molecule has 25 heavy (non-hydrogen) atoms. The predicted molar refractivity (Wildman–Crippen MR) is 99.9 cm³/mol. The number of hydrogen-bond acceptors (Lipinski definition) is 4. The minimum Gasteiger partial charge on any atom is -0.495 e. The molecule has 0 amide bonds. The normalized spacial score (nSPS) is 14.7. The van der Waals surface area contributed by atoms with Crippen molar-refractivity contribution in [3.05, 3.63) is 53.1 Å². The molecule has 7 heteroatoms. The Bertz CT molecular complexity index is 832. The highest BCUT2D eigenvalue weighted by Crippen LogP contribution is 2.27. The average molecular weight is 381 g/mol. The van der Waals surface area contributed by atoms with Crippen LogP contribution in [0.25, 0.3) is 0 Å². The minimum absolute atomic E-state index is 0.118. The molecule has 1 N–H and O–H groups in total. The zero-order chi connectivity index (χ0) is 17.9. The molecule has 2 aromatic rings. The van der Waals surface area contributed by atoms with Crippen molar-refractivity contribution in [1.82, 2.24) is 4.72 Å². The van der Waals surface area contributed by atoms with E-state index in [-0.39, 0.29) is 16.5 Å². The molecule has 134 valence electrons. The van der Waals surface area contributed by atoms with Crippen LogP contribution in [0.3, 0.4) is 0 Å². The molecule has 0 aliphatic carbocycles. The fourth-order valence-corrected chi connectivity index (χ4v) is 4.24. The molecule has 5 nitrogen and oxygen atoms in total. The summed E-state index contributed by atoms with van der Waals surface area (Å²) in [6, 6.07) is 12.4. The number of halogens is 1. The third-order valence-electron chi connectivity index (χ3n) is 4.31. The second-order valence-electron chi connectivity index (χ2n) is 5.98. The van der Waals surface area contributed by atoms with Gasteiger partial charge in [-0.05, 0) is 48.7 Å². The third-order valence-corrected chi connectivity index (χ3v) is 6.00. The summed E-state index contributed by atoms with van der Waals surface area (Å²) in [7, 11) is -2.15. The molecule has 0 atom stereocenters. The number of rotatable bonds is 6. The number of nitrogens with zero attached hydrogens (tertiary/aromatic N) is 1. The van der Waals surface area contributed by atoms with Crippen LogP contribution >= 0.6 is 11.6 Å². The van der Waals surface area contributed by atoms with E-state index in [1.54, 1.807) is 6.07 Å². The first-order valence-electron chi connectivity index (χ1n) is 8.17. The zero-order valence-corrected chi connectivity index (χ0v) is 15.6. The van der Waals surface area contributed by atoms with Crippen LogP contribution in [0.2, 0.25) is 5.02 Å². The first kappa shape index (κ1) is 18.0. The van der Waals surface area contributed by atoms with Crippen LogP contribution in [0.15, 0.2) is 47.4 Å². The number of anilines is 1. The van der Waals surface area contributed by atoms with Gasteiger partial charge in [0.1, 0.15) is 5.75 Å². The lowest BCUT2D eigenvalue weighted by Crippen LogP contribution is -2.23. The molecule has 2 aromatic carbocycles. The summed E-state index contributed by atoms with van der Waals surface area (Å²) in [5, 5.41) is 0.264. The summed E-state index contributed by atoms with van der Waals surface area (Å²) in [6.07, 6.45) is 2.46. The summed E-state index contributed by atoms with van der Waals surface area (Å²) >= 11 is 6.01. The van der Waals surface area contributed by atoms with Crippen LogP contribution in [0.5, 0.6) is 5.75 Å². The summed E-state index contributed by atoms with van der Waals surface area (Å²) in [5.74, 6) is 0.443. The quantitative estimate of drug-likeness (QED) is 0.834. The molecule has 0 unspecified atom stereocenters. The van der Waals surface area contributed by atoms with E-state index in [0.717, 1.165) is 18.7 Å². The van der Waals surface area contributed by atoms with E-state index in [1.807, 2.05) is 24.3 Å². The maximum absolute atomic E-state index is 12.4.